The molecule has 0 atom stereocenters. The van der Waals surface area contributed by atoms with Gasteiger partial charge in [0, 0.05) is 12.6 Å². The van der Waals surface area contributed by atoms with Crippen molar-refractivity contribution in [2.75, 3.05) is 12.4 Å². The van der Waals surface area contributed by atoms with Crippen LogP contribution < -0.4 is 10.1 Å². The average molecular weight is 283 g/mol. The van der Waals surface area contributed by atoms with E-state index in [-0.39, 0.29) is 5.69 Å². The summed E-state index contributed by atoms with van der Waals surface area (Å²) in [6.07, 6.45) is 0. The molecule has 6 nitrogen and oxygen atoms in total. The summed E-state index contributed by atoms with van der Waals surface area (Å²) in [6, 6.07) is 13.6. The Morgan fingerprint density at radius 2 is 2.00 bits per heavy atom. The zero-order chi connectivity index (χ0) is 15.2. The van der Waals surface area contributed by atoms with Gasteiger partial charge in [0.15, 0.2) is 0 Å². The number of nitriles is 1. The number of methoxy groups -OCH3 is 1. The minimum absolute atomic E-state index is 0.0532. The molecule has 0 spiro atoms. The highest BCUT2D eigenvalue weighted by Gasteiger charge is 2.13. The summed E-state index contributed by atoms with van der Waals surface area (Å²) in [5, 5.41) is 22.8. The fraction of sp³-hybridized carbons (Fsp3) is 0.133. The Hall–Kier alpha value is -3.07. The van der Waals surface area contributed by atoms with E-state index in [1.165, 1.54) is 18.2 Å². The third kappa shape index (κ3) is 3.48. The van der Waals surface area contributed by atoms with Crippen LogP contribution in [0.25, 0.3) is 0 Å². The van der Waals surface area contributed by atoms with E-state index in [9.17, 15) is 10.1 Å². The molecule has 0 saturated heterocycles. The van der Waals surface area contributed by atoms with Crippen LogP contribution in [0, 0.1) is 21.4 Å². The number of hydrogen-bond donors (Lipinski definition) is 1. The first-order valence-corrected chi connectivity index (χ1v) is 6.19. The van der Waals surface area contributed by atoms with Gasteiger partial charge in [0.25, 0.3) is 5.69 Å². The van der Waals surface area contributed by atoms with Crippen LogP contribution >= 0.6 is 0 Å². The SMILES string of the molecule is COc1ccc(CNc2cc(C#N)ccc2[N+](=O)[O-])cc1. The van der Waals surface area contributed by atoms with E-state index in [2.05, 4.69) is 5.32 Å². The Morgan fingerprint density at radius 3 is 2.57 bits per heavy atom. The maximum Gasteiger partial charge on any atom is 0.292 e. The van der Waals surface area contributed by atoms with Crippen LogP contribution in [0.4, 0.5) is 11.4 Å². The number of nitro benzene ring substituents is 1. The molecular weight excluding hydrogens is 270 g/mol. The minimum Gasteiger partial charge on any atom is -0.497 e. The Balaban J connectivity index is 2.18. The van der Waals surface area contributed by atoms with Gasteiger partial charge in [0.05, 0.1) is 23.7 Å². The van der Waals surface area contributed by atoms with E-state index in [0.29, 0.717) is 17.8 Å². The molecule has 0 aliphatic heterocycles. The van der Waals surface area contributed by atoms with Gasteiger partial charge in [-0.15, -0.1) is 0 Å². The lowest BCUT2D eigenvalue weighted by molar-refractivity contribution is -0.384. The van der Waals surface area contributed by atoms with Crippen LogP contribution in [0.3, 0.4) is 0 Å². The molecule has 0 aromatic heterocycles. The van der Waals surface area contributed by atoms with Crippen molar-refractivity contribution < 1.29 is 9.66 Å². The van der Waals surface area contributed by atoms with Crippen LogP contribution in [-0.4, -0.2) is 12.0 Å². The molecule has 0 fully saturated rings. The van der Waals surface area contributed by atoms with Crippen molar-refractivity contribution in [3.05, 3.63) is 63.7 Å². The maximum atomic E-state index is 11.0. The lowest BCUT2D eigenvalue weighted by atomic mass is 10.1. The molecular formula is C15H13N3O3. The number of anilines is 1. The zero-order valence-electron chi connectivity index (χ0n) is 11.4. The third-order valence-electron chi connectivity index (χ3n) is 2.96. The molecule has 6 heteroatoms. The summed E-state index contributed by atoms with van der Waals surface area (Å²) in [5.41, 5.74) is 1.60. The van der Waals surface area contributed by atoms with Gasteiger partial charge in [0.1, 0.15) is 11.4 Å². The predicted octanol–water partition coefficient (Wildman–Crippen LogP) is 3.09. The molecule has 2 aromatic carbocycles. The molecule has 106 valence electrons. The fourth-order valence-electron chi connectivity index (χ4n) is 1.85. The molecule has 0 aliphatic rings. The monoisotopic (exact) mass is 283 g/mol. The molecule has 0 amide bonds. The lowest BCUT2D eigenvalue weighted by Crippen LogP contribution is -2.03. The van der Waals surface area contributed by atoms with Crippen LogP contribution in [0.5, 0.6) is 5.75 Å². The van der Waals surface area contributed by atoms with Crippen molar-refractivity contribution >= 4 is 11.4 Å². The summed E-state index contributed by atoms with van der Waals surface area (Å²) >= 11 is 0. The van der Waals surface area contributed by atoms with Gasteiger partial charge < -0.3 is 10.1 Å². The first-order chi connectivity index (χ1) is 10.1. The van der Waals surface area contributed by atoms with Gasteiger partial charge in [0.2, 0.25) is 0 Å². The summed E-state index contributed by atoms with van der Waals surface area (Å²) in [6.45, 7) is 0.416. The second-order valence-corrected chi connectivity index (χ2v) is 4.30. The molecule has 0 aliphatic carbocycles. The topological polar surface area (TPSA) is 88.2 Å². The van der Waals surface area contributed by atoms with Crippen molar-refractivity contribution in [2.24, 2.45) is 0 Å². The molecule has 2 rings (SSSR count). The maximum absolute atomic E-state index is 11.0. The van der Waals surface area contributed by atoms with Crippen LogP contribution in [-0.2, 0) is 6.54 Å². The lowest BCUT2D eigenvalue weighted by Gasteiger charge is -2.08. The number of rotatable bonds is 5. The molecule has 0 heterocycles. The molecule has 2 aromatic rings. The van der Waals surface area contributed by atoms with Crippen molar-refractivity contribution in [1.29, 1.82) is 5.26 Å². The second kappa shape index (κ2) is 6.39. The second-order valence-electron chi connectivity index (χ2n) is 4.30. The summed E-state index contributed by atoms with van der Waals surface area (Å²) in [4.78, 5) is 10.5. The van der Waals surface area contributed by atoms with E-state index in [0.717, 1.165) is 11.3 Å². The smallest absolute Gasteiger partial charge is 0.292 e. The third-order valence-corrected chi connectivity index (χ3v) is 2.96. The fourth-order valence-corrected chi connectivity index (χ4v) is 1.85. The van der Waals surface area contributed by atoms with Crippen molar-refractivity contribution in [1.82, 2.24) is 0 Å². The van der Waals surface area contributed by atoms with E-state index < -0.39 is 4.92 Å². The first-order valence-electron chi connectivity index (χ1n) is 6.19. The molecule has 21 heavy (non-hydrogen) atoms. The summed E-state index contributed by atoms with van der Waals surface area (Å²) < 4.78 is 5.07. The Labute approximate surface area is 121 Å². The standard InChI is InChI=1S/C15H13N3O3/c1-21-13-5-2-11(3-6-13)10-17-14-8-12(9-16)4-7-15(14)18(19)20/h2-8,17H,10H2,1H3. The van der Waals surface area contributed by atoms with E-state index >= 15 is 0 Å². The van der Waals surface area contributed by atoms with Gasteiger partial charge in [-0.2, -0.15) is 5.26 Å². The number of nitrogens with one attached hydrogen (secondary N) is 1. The number of benzene rings is 2. The van der Waals surface area contributed by atoms with Crippen LogP contribution in [0.1, 0.15) is 11.1 Å². The highest BCUT2D eigenvalue weighted by atomic mass is 16.6. The zero-order valence-corrected chi connectivity index (χ0v) is 11.4. The summed E-state index contributed by atoms with van der Waals surface area (Å²) in [7, 11) is 1.59. The van der Waals surface area contributed by atoms with Gasteiger partial charge >= 0.3 is 0 Å². The van der Waals surface area contributed by atoms with Crippen LogP contribution in [0.15, 0.2) is 42.5 Å². The van der Waals surface area contributed by atoms with Gasteiger partial charge in [-0.05, 0) is 29.8 Å². The number of nitro groups is 1. The number of nitrogens with zero attached hydrogens (tertiary/aromatic N) is 2. The molecule has 0 unspecified atom stereocenters. The van der Waals surface area contributed by atoms with Crippen molar-refractivity contribution in [3.63, 3.8) is 0 Å². The van der Waals surface area contributed by atoms with E-state index in [1.54, 1.807) is 7.11 Å². The summed E-state index contributed by atoms with van der Waals surface area (Å²) in [5.74, 6) is 0.746. The quantitative estimate of drug-likeness (QED) is 0.673. The normalized spacial score (nSPS) is 9.71. The highest BCUT2D eigenvalue weighted by molar-refractivity contribution is 5.64. The van der Waals surface area contributed by atoms with Crippen molar-refractivity contribution in [3.8, 4) is 11.8 Å². The van der Waals surface area contributed by atoms with Crippen molar-refractivity contribution in [2.45, 2.75) is 6.54 Å². The largest absolute Gasteiger partial charge is 0.497 e. The van der Waals surface area contributed by atoms with E-state index in [1.807, 2.05) is 30.3 Å². The Bertz CT molecular complexity index is 690. The Morgan fingerprint density at radius 1 is 1.29 bits per heavy atom. The van der Waals surface area contributed by atoms with Gasteiger partial charge in [-0.25, -0.2) is 0 Å². The number of hydrogen-bond acceptors (Lipinski definition) is 5. The van der Waals surface area contributed by atoms with Gasteiger partial charge in [-0.3, -0.25) is 10.1 Å². The molecule has 1 N–H and O–H groups in total. The molecule has 0 bridgehead atoms. The molecule has 0 radical (unpaired) electrons. The first kappa shape index (κ1) is 14.3. The average Bonchev–Trinajstić information content (AvgIpc) is 2.52. The Kier molecular flexibility index (Phi) is 4.36. The van der Waals surface area contributed by atoms with E-state index in [4.69, 9.17) is 10.00 Å². The predicted molar refractivity (Wildman–Crippen MR) is 78.1 cm³/mol. The van der Waals surface area contributed by atoms with Gasteiger partial charge in [-0.1, -0.05) is 12.1 Å². The molecule has 0 saturated carbocycles. The van der Waals surface area contributed by atoms with Crippen LogP contribution in [0.2, 0.25) is 0 Å². The number of ether oxygens (including phenoxy) is 1. The highest BCUT2D eigenvalue weighted by Crippen LogP contribution is 2.26. The minimum atomic E-state index is -0.475.